The maximum Gasteiger partial charge on any atom is 0.261 e. The number of furan rings is 1. The van der Waals surface area contributed by atoms with Gasteiger partial charge in [0.25, 0.3) is 15.9 Å². The van der Waals surface area contributed by atoms with Gasteiger partial charge in [-0.15, -0.1) is 0 Å². The van der Waals surface area contributed by atoms with Crippen molar-refractivity contribution in [1.82, 2.24) is 5.32 Å². The van der Waals surface area contributed by atoms with E-state index in [-0.39, 0.29) is 17.3 Å². The van der Waals surface area contributed by atoms with Crippen LogP contribution in [0.2, 0.25) is 0 Å². The molecule has 2 N–H and O–H groups in total. The lowest BCUT2D eigenvalue weighted by Gasteiger charge is -2.09. The first-order valence-electron chi connectivity index (χ1n) is 8.05. The van der Waals surface area contributed by atoms with Crippen molar-refractivity contribution in [3.63, 3.8) is 0 Å². The molecule has 0 saturated heterocycles. The van der Waals surface area contributed by atoms with Gasteiger partial charge in [-0.25, -0.2) is 8.42 Å². The van der Waals surface area contributed by atoms with Crippen molar-refractivity contribution in [1.29, 1.82) is 0 Å². The lowest BCUT2D eigenvalue weighted by atomic mass is 10.2. The summed E-state index contributed by atoms with van der Waals surface area (Å²) in [5, 5.41) is 2.72. The van der Waals surface area contributed by atoms with Crippen LogP contribution in [0.15, 0.2) is 76.2 Å². The van der Waals surface area contributed by atoms with Crippen molar-refractivity contribution in [2.75, 3.05) is 11.8 Å². The largest absolute Gasteiger partial charge is 0.497 e. The molecule has 1 aromatic heterocycles. The highest BCUT2D eigenvalue weighted by Crippen LogP contribution is 2.19. The van der Waals surface area contributed by atoms with Gasteiger partial charge in [0, 0.05) is 11.3 Å². The monoisotopic (exact) mass is 386 g/mol. The minimum absolute atomic E-state index is 0.114. The van der Waals surface area contributed by atoms with Crippen molar-refractivity contribution in [3.05, 3.63) is 78.3 Å². The smallest absolute Gasteiger partial charge is 0.261 e. The Morgan fingerprint density at radius 3 is 2.33 bits per heavy atom. The first kappa shape index (κ1) is 18.5. The molecule has 140 valence electrons. The molecule has 0 aliphatic carbocycles. The summed E-state index contributed by atoms with van der Waals surface area (Å²) in [6.07, 6.45) is 1.53. The first-order valence-corrected chi connectivity index (χ1v) is 9.54. The summed E-state index contributed by atoms with van der Waals surface area (Å²) in [4.78, 5) is 12.2. The predicted molar refractivity (Wildman–Crippen MR) is 100 cm³/mol. The maximum atomic E-state index is 12.4. The minimum Gasteiger partial charge on any atom is -0.497 e. The molecule has 0 saturated carbocycles. The second-order valence-electron chi connectivity index (χ2n) is 5.62. The highest BCUT2D eigenvalue weighted by molar-refractivity contribution is 7.92. The minimum atomic E-state index is -3.73. The number of nitrogens with one attached hydrogen (secondary N) is 2. The van der Waals surface area contributed by atoms with E-state index in [1.807, 2.05) is 0 Å². The van der Waals surface area contributed by atoms with Crippen LogP contribution in [0.25, 0.3) is 0 Å². The summed E-state index contributed by atoms with van der Waals surface area (Å²) in [7, 11) is -2.22. The van der Waals surface area contributed by atoms with Crippen molar-refractivity contribution >= 4 is 21.6 Å². The summed E-state index contributed by atoms with van der Waals surface area (Å²) < 4.78 is 37.5. The van der Waals surface area contributed by atoms with Crippen molar-refractivity contribution in [2.24, 2.45) is 0 Å². The Bertz CT molecular complexity index is 995. The van der Waals surface area contributed by atoms with Crippen LogP contribution in [0.1, 0.15) is 16.1 Å². The van der Waals surface area contributed by atoms with E-state index in [0.29, 0.717) is 22.8 Å². The van der Waals surface area contributed by atoms with Gasteiger partial charge in [-0.1, -0.05) is 0 Å². The van der Waals surface area contributed by atoms with Gasteiger partial charge in [-0.3, -0.25) is 9.52 Å². The number of hydrogen-bond acceptors (Lipinski definition) is 5. The van der Waals surface area contributed by atoms with Crippen LogP contribution in [-0.2, 0) is 16.6 Å². The molecule has 27 heavy (non-hydrogen) atoms. The molecule has 0 unspecified atom stereocenters. The quantitative estimate of drug-likeness (QED) is 0.650. The highest BCUT2D eigenvalue weighted by Gasteiger charge is 2.14. The number of amides is 1. The molecule has 0 radical (unpaired) electrons. The van der Waals surface area contributed by atoms with Crippen LogP contribution in [-0.4, -0.2) is 21.4 Å². The summed E-state index contributed by atoms with van der Waals surface area (Å²) >= 11 is 0. The fourth-order valence-electron chi connectivity index (χ4n) is 2.34. The summed E-state index contributed by atoms with van der Waals surface area (Å²) in [6.45, 7) is 0.275. The normalized spacial score (nSPS) is 11.0. The van der Waals surface area contributed by atoms with E-state index in [1.54, 1.807) is 36.4 Å². The number of carbonyl (C=O) groups excluding carboxylic acids is 1. The highest BCUT2D eigenvalue weighted by atomic mass is 32.2. The summed E-state index contributed by atoms with van der Waals surface area (Å²) in [5.74, 6) is 0.932. The van der Waals surface area contributed by atoms with Crippen LogP contribution < -0.4 is 14.8 Å². The van der Waals surface area contributed by atoms with Crippen LogP contribution in [0.3, 0.4) is 0 Å². The van der Waals surface area contributed by atoms with E-state index in [2.05, 4.69) is 10.0 Å². The second kappa shape index (κ2) is 7.96. The van der Waals surface area contributed by atoms with E-state index < -0.39 is 10.0 Å². The number of methoxy groups -OCH3 is 1. The van der Waals surface area contributed by atoms with E-state index in [9.17, 15) is 13.2 Å². The van der Waals surface area contributed by atoms with Crippen molar-refractivity contribution in [3.8, 4) is 5.75 Å². The Kier molecular flexibility index (Phi) is 5.46. The van der Waals surface area contributed by atoms with E-state index >= 15 is 0 Å². The Balaban J connectivity index is 1.64. The van der Waals surface area contributed by atoms with Gasteiger partial charge >= 0.3 is 0 Å². The van der Waals surface area contributed by atoms with Crippen LogP contribution in [0.4, 0.5) is 5.69 Å². The average molecular weight is 386 g/mol. The van der Waals surface area contributed by atoms with Crippen LogP contribution >= 0.6 is 0 Å². The molecule has 8 heteroatoms. The number of benzene rings is 2. The first-order chi connectivity index (χ1) is 13.0. The van der Waals surface area contributed by atoms with Gasteiger partial charge < -0.3 is 14.5 Å². The number of hydrogen-bond donors (Lipinski definition) is 2. The molecular weight excluding hydrogens is 368 g/mol. The lowest BCUT2D eigenvalue weighted by molar-refractivity contribution is 0.0948. The number of anilines is 1. The fraction of sp³-hybridized carbons (Fsp3) is 0.105. The summed E-state index contributed by atoms with van der Waals surface area (Å²) in [5.41, 5.74) is 0.766. The molecule has 2 aromatic carbocycles. The van der Waals surface area contributed by atoms with Gasteiger partial charge in [-0.2, -0.15) is 0 Å². The summed E-state index contributed by atoms with van der Waals surface area (Å²) in [6, 6.07) is 15.7. The third-order valence-electron chi connectivity index (χ3n) is 3.77. The molecule has 1 amide bonds. The Labute approximate surface area is 157 Å². The third-order valence-corrected chi connectivity index (χ3v) is 5.17. The molecule has 3 rings (SSSR count). The van der Waals surface area contributed by atoms with Crippen LogP contribution in [0.5, 0.6) is 5.75 Å². The Hall–Kier alpha value is -3.26. The Morgan fingerprint density at radius 1 is 1.04 bits per heavy atom. The standard InChI is InChI=1S/C19H18N2O5S/c1-25-16-8-10-18(11-9-16)27(23,24)21-15-6-4-14(5-7-15)19(22)20-13-17-3-2-12-26-17/h2-12,21H,13H2,1H3,(H,20,22). The molecular formula is C19H18N2O5S. The zero-order valence-electron chi connectivity index (χ0n) is 14.5. The number of rotatable bonds is 7. The SMILES string of the molecule is COc1ccc(S(=O)(=O)Nc2ccc(C(=O)NCc3ccco3)cc2)cc1. The van der Waals surface area contributed by atoms with E-state index in [4.69, 9.17) is 9.15 Å². The zero-order chi connectivity index (χ0) is 19.3. The van der Waals surface area contributed by atoms with Gasteiger partial charge in [0.05, 0.1) is 24.8 Å². The zero-order valence-corrected chi connectivity index (χ0v) is 15.3. The number of carbonyl (C=O) groups is 1. The molecule has 0 bridgehead atoms. The fourth-order valence-corrected chi connectivity index (χ4v) is 3.40. The van der Waals surface area contributed by atoms with Gasteiger partial charge in [-0.05, 0) is 60.7 Å². The number of sulfonamides is 1. The second-order valence-corrected chi connectivity index (χ2v) is 7.30. The molecule has 1 heterocycles. The van der Waals surface area contributed by atoms with E-state index in [1.165, 1.54) is 37.6 Å². The average Bonchev–Trinajstić information content (AvgIpc) is 3.20. The number of ether oxygens (including phenoxy) is 1. The third kappa shape index (κ3) is 4.68. The maximum absolute atomic E-state index is 12.4. The molecule has 7 nitrogen and oxygen atoms in total. The lowest BCUT2D eigenvalue weighted by Crippen LogP contribution is -2.22. The van der Waals surface area contributed by atoms with Crippen LogP contribution in [0, 0.1) is 0 Å². The van der Waals surface area contributed by atoms with E-state index in [0.717, 1.165) is 0 Å². The van der Waals surface area contributed by atoms with Crippen molar-refractivity contribution < 1.29 is 22.4 Å². The predicted octanol–water partition coefficient (Wildman–Crippen LogP) is 3.02. The molecule has 0 aliphatic rings. The molecule has 0 aliphatic heterocycles. The molecule has 0 atom stereocenters. The van der Waals surface area contributed by atoms with Gasteiger partial charge in [0.15, 0.2) is 0 Å². The molecule has 0 spiro atoms. The Morgan fingerprint density at radius 2 is 1.74 bits per heavy atom. The van der Waals surface area contributed by atoms with Crippen molar-refractivity contribution in [2.45, 2.75) is 11.4 Å². The topological polar surface area (TPSA) is 97.6 Å². The van der Waals surface area contributed by atoms with Gasteiger partial charge in [0.2, 0.25) is 0 Å². The van der Waals surface area contributed by atoms with Gasteiger partial charge in [0.1, 0.15) is 11.5 Å². The molecule has 0 fully saturated rings. The molecule has 3 aromatic rings.